The van der Waals surface area contributed by atoms with Crippen LogP contribution >= 0.6 is 0 Å². The molecule has 0 saturated carbocycles. The Labute approximate surface area is 450 Å². The van der Waals surface area contributed by atoms with Crippen molar-refractivity contribution in [1.82, 2.24) is 53.2 Å². The van der Waals surface area contributed by atoms with Crippen LogP contribution in [0.2, 0.25) is 0 Å². The topological polar surface area (TPSA) is 462 Å². The van der Waals surface area contributed by atoms with Gasteiger partial charge < -0.3 is 92.0 Å². The first kappa shape index (κ1) is 66.8. The molecule has 0 radical (unpaired) electrons. The van der Waals surface area contributed by atoms with Crippen LogP contribution in [0.15, 0.2) is 30.3 Å². The molecule has 10 amide bonds. The van der Waals surface area contributed by atoms with Crippen molar-refractivity contribution < 1.29 is 58.2 Å². The van der Waals surface area contributed by atoms with Gasteiger partial charge in [0.05, 0.1) is 12.2 Å². The highest BCUT2D eigenvalue weighted by molar-refractivity contribution is 5.99. The SMILES string of the molecule is CC(C)C[C@@H]1NC(=O)[C@@H](Cc2ccccc2)NC(=O)[C@H](CCN)NC(=O)[C@@H](NC(=O)[C@H](CCN)NC(=O)[C@@H](NC(=O)CCCCCCN)C(C)O)CCNC(=O)C(C(C)O)NC(=O)[C@H](CCN)NC(=O)[C@H](CCN)NC1=O. The Morgan fingerprint density at radius 2 is 1.09 bits per heavy atom. The van der Waals surface area contributed by atoms with E-state index in [1.54, 1.807) is 44.2 Å². The lowest BCUT2D eigenvalue weighted by Crippen LogP contribution is -2.61. The number of nitrogens with one attached hydrogen (secondary N) is 10. The van der Waals surface area contributed by atoms with Crippen molar-refractivity contribution in [2.24, 2.45) is 34.6 Å². The predicted octanol–water partition coefficient (Wildman–Crippen LogP) is -5.78. The molecule has 0 aromatic heterocycles. The lowest BCUT2D eigenvalue weighted by Gasteiger charge is -2.28. The molecule has 22 N–H and O–H groups in total. The quantitative estimate of drug-likeness (QED) is 0.0406. The monoisotopic (exact) mass is 1090 g/mol. The van der Waals surface area contributed by atoms with Gasteiger partial charge in [0.1, 0.15) is 54.4 Å². The fourth-order valence-electron chi connectivity index (χ4n) is 8.21. The zero-order valence-corrected chi connectivity index (χ0v) is 44.9. The van der Waals surface area contributed by atoms with Crippen molar-refractivity contribution in [2.75, 3.05) is 39.3 Å². The fraction of sp³-hybridized carbons (Fsp3) is 0.680. The van der Waals surface area contributed by atoms with E-state index in [4.69, 9.17) is 28.7 Å². The highest BCUT2D eigenvalue weighted by Gasteiger charge is 2.37. The molecule has 77 heavy (non-hydrogen) atoms. The highest BCUT2D eigenvalue weighted by atomic mass is 16.3. The second-order valence-corrected chi connectivity index (χ2v) is 19.6. The number of unbranched alkanes of at least 4 members (excludes halogenated alkanes) is 3. The number of aliphatic hydroxyl groups excluding tert-OH is 2. The normalized spacial score (nSPS) is 23.3. The van der Waals surface area contributed by atoms with Gasteiger partial charge in [-0.2, -0.15) is 0 Å². The van der Waals surface area contributed by atoms with Gasteiger partial charge in [-0.15, -0.1) is 0 Å². The number of benzene rings is 1. The fourth-order valence-corrected chi connectivity index (χ4v) is 8.21. The van der Waals surface area contributed by atoms with Crippen LogP contribution in [0.25, 0.3) is 0 Å². The summed E-state index contributed by atoms with van der Waals surface area (Å²) < 4.78 is 0. The van der Waals surface area contributed by atoms with Gasteiger partial charge in [-0.25, -0.2) is 0 Å². The summed E-state index contributed by atoms with van der Waals surface area (Å²) in [6, 6.07) is -4.52. The van der Waals surface area contributed by atoms with Crippen molar-refractivity contribution in [1.29, 1.82) is 0 Å². The Kier molecular flexibility index (Phi) is 31.1. The molecule has 27 heteroatoms. The Bertz CT molecular complexity index is 2070. The Hall–Kier alpha value is -6.36. The molecule has 0 bridgehead atoms. The molecule has 1 aliphatic rings. The number of carbonyl (C=O) groups is 10. The molecule has 27 nitrogen and oxygen atoms in total. The van der Waals surface area contributed by atoms with Crippen LogP contribution in [0.3, 0.4) is 0 Å². The van der Waals surface area contributed by atoms with E-state index in [1.165, 1.54) is 13.8 Å². The summed E-state index contributed by atoms with van der Waals surface area (Å²) in [6.45, 7) is 5.57. The second-order valence-electron chi connectivity index (χ2n) is 19.6. The van der Waals surface area contributed by atoms with Crippen molar-refractivity contribution in [3.8, 4) is 0 Å². The van der Waals surface area contributed by atoms with Crippen molar-refractivity contribution in [3.63, 3.8) is 0 Å². The third-order valence-corrected chi connectivity index (χ3v) is 12.5. The molecule has 0 aliphatic carbocycles. The molecule has 2 rings (SSSR count). The van der Waals surface area contributed by atoms with Gasteiger partial charge in [0.2, 0.25) is 59.1 Å². The first-order valence-electron chi connectivity index (χ1n) is 26.5. The number of rotatable bonds is 25. The van der Waals surface area contributed by atoms with Crippen molar-refractivity contribution >= 4 is 59.1 Å². The summed E-state index contributed by atoms with van der Waals surface area (Å²) in [7, 11) is 0. The number of amides is 10. The standard InChI is InChI=1S/C50H87N15O12/c1-28(2)26-37-47(74)59-32(15-21-52)42(69)58-35(18-24-55)46(73)65-40(29(3)66)49(76)56-25-19-36(45(72)57-33(16-22-53)44(71)63-38(48(75)62-37)27-31-12-8-7-9-13-31)60-43(70)34(17-23-54)61-50(77)41(30(4)67)64-39(68)14-10-5-6-11-20-51/h7-9,12-13,28-30,32-38,40-41,66-67H,5-6,10-11,14-27,51-55H2,1-4H3,(H,56,76)(H,57,72)(H,58,69)(H,59,74)(H,60,70)(H,61,77)(H,62,75)(H,63,71)(H,64,68)(H,65,73)/t29?,30?,32-,33-,34-,35-,36-,37-,38+,40?,41-/m0/s1. The molecule has 1 fully saturated rings. The maximum absolute atomic E-state index is 14.4. The van der Waals surface area contributed by atoms with Gasteiger partial charge >= 0.3 is 0 Å². The number of hydrogen-bond donors (Lipinski definition) is 17. The molecule has 1 aromatic rings. The maximum Gasteiger partial charge on any atom is 0.245 e. The lowest BCUT2D eigenvalue weighted by molar-refractivity contribution is -0.136. The molecular weight excluding hydrogens is 1000 g/mol. The maximum atomic E-state index is 14.4. The summed E-state index contributed by atoms with van der Waals surface area (Å²) in [5.74, 6) is -8.88. The molecule has 434 valence electrons. The molecule has 1 aliphatic heterocycles. The Balaban J connectivity index is 2.70. The number of carbonyl (C=O) groups excluding carboxylic acids is 10. The van der Waals surface area contributed by atoms with Gasteiger partial charge in [0, 0.05) is 19.4 Å². The Morgan fingerprint density at radius 3 is 1.61 bits per heavy atom. The van der Waals surface area contributed by atoms with Gasteiger partial charge in [-0.1, -0.05) is 57.0 Å². The number of aliphatic hydroxyl groups is 2. The van der Waals surface area contributed by atoms with E-state index in [0.29, 0.717) is 24.9 Å². The first-order chi connectivity index (χ1) is 36.6. The summed E-state index contributed by atoms with van der Waals surface area (Å²) in [4.78, 5) is 139. The van der Waals surface area contributed by atoms with E-state index >= 15 is 0 Å². The summed E-state index contributed by atoms with van der Waals surface area (Å²) >= 11 is 0. The van der Waals surface area contributed by atoms with Crippen LogP contribution in [-0.2, 0) is 54.4 Å². The number of nitrogens with two attached hydrogens (primary N) is 5. The molecule has 1 aromatic carbocycles. The molecule has 11 atom stereocenters. The van der Waals surface area contributed by atoms with Crippen LogP contribution in [-0.4, -0.2) is 175 Å². The minimum Gasteiger partial charge on any atom is -0.391 e. The summed E-state index contributed by atoms with van der Waals surface area (Å²) in [6.07, 6.45) is -1.26. The zero-order valence-electron chi connectivity index (χ0n) is 44.9. The minimum absolute atomic E-state index is 0.0516. The zero-order chi connectivity index (χ0) is 57.6. The van der Waals surface area contributed by atoms with Crippen LogP contribution in [0.5, 0.6) is 0 Å². The van der Waals surface area contributed by atoms with Gasteiger partial charge in [-0.05, 0) is 109 Å². The smallest absolute Gasteiger partial charge is 0.245 e. The lowest BCUT2D eigenvalue weighted by atomic mass is 10.00. The van der Waals surface area contributed by atoms with Crippen LogP contribution < -0.4 is 81.8 Å². The van der Waals surface area contributed by atoms with Gasteiger partial charge in [-0.3, -0.25) is 47.9 Å². The summed E-state index contributed by atoms with van der Waals surface area (Å²) in [5.41, 5.74) is 29.6. The van der Waals surface area contributed by atoms with Crippen molar-refractivity contribution in [2.45, 2.75) is 171 Å². The van der Waals surface area contributed by atoms with E-state index < -0.39 is 139 Å². The average Bonchev–Trinajstić information content (AvgIpc) is 3.37. The van der Waals surface area contributed by atoms with Crippen LogP contribution in [0.4, 0.5) is 0 Å². The average molecular weight is 1090 g/mol. The van der Waals surface area contributed by atoms with Gasteiger partial charge in [0.25, 0.3) is 0 Å². The van der Waals surface area contributed by atoms with Crippen molar-refractivity contribution in [3.05, 3.63) is 35.9 Å². The minimum atomic E-state index is -1.66. The van der Waals surface area contributed by atoms with E-state index in [-0.39, 0.29) is 77.0 Å². The third-order valence-electron chi connectivity index (χ3n) is 12.5. The number of hydrogen-bond acceptors (Lipinski definition) is 17. The van der Waals surface area contributed by atoms with E-state index in [0.717, 1.165) is 12.8 Å². The summed E-state index contributed by atoms with van der Waals surface area (Å²) in [5, 5.41) is 46.8. The molecule has 0 spiro atoms. The van der Waals surface area contributed by atoms with E-state index in [9.17, 15) is 58.2 Å². The van der Waals surface area contributed by atoms with E-state index in [1.807, 2.05) is 0 Å². The molecular formula is C50H87N15O12. The largest absolute Gasteiger partial charge is 0.391 e. The second kappa shape index (κ2) is 35.9. The third kappa shape index (κ3) is 24.2. The van der Waals surface area contributed by atoms with Crippen LogP contribution in [0, 0.1) is 5.92 Å². The Morgan fingerprint density at radius 1 is 0.584 bits per heavy atom. The van der Waals surface area contributed by atoms with E-state index in [2.05, 4.69) is 53.2 Å². The molecule has 3 unspecified atom stereocenters. The molecule has 1 heterocycles. The predicted molar refractivity (Wildman–Crippen MR) is 285 cm³/mol. The first-order valence-corrected chi connectivity index (χ1v) is 26.5. The molecule has 1 saturated heterocycles. The highest BCUT2D eigenvalue weighted by Crippen LogP contribution is 2.11. The van der Waals surface area contributed by atoms with Gasteiger partial charge in [0.15, 0.2) is 0 Å². The van der Waals surface area contributed by atoms with Crippen LogP contribution in [0.1, 0.15) is 104 Å².